The minimum atomic E-state index is -0.194. The number of amides is 2. The Morgan fingerprint density at radius 2 is 2.07 bits per heavy atom. The normalized spacial score (nSPS) is 17.8. The zero-order valence-electron chi connectivity index (χ0n) is 18.0. The molecule has 158 valence electrons. The van der Waals surface area contributed by atoms with Crippen molar-refractivity contribution in [3.05, 3.63) is 17.0 Å². The molecule has 2 rings (SSSR count). The maximum atomic E-state index is 12.2. The number of nitrogens with two attached hydrogens (primary N) is 1. The molecule has 7 nitrogen and oxygen atoms in total. The van der Waals surface area contributed by atoms with Gasteiger partial charge >= 0.3 is 0 Å². The average molecular weight is 392 g/mol. The molecular formula is C21H37N5O2. The first-order chi connectivity index (χ1) is 13.3. The molecule has 0 saturated carbocycles. The smallest absolute Gasteiger partial charge is 0.221 e. The third kappa shape index (κ3) is 6.62. The van der Waals surface area contributed by atoms with Gasteiger partial charge in [0.05, 0.1) is 11.6 Å². The van der Waals surface area contributed by atoms with E-state index in [2.05, 4.69) is 40.8 Å². The fraction of sp³-hybridized carbons (Fsp3) is 0.762. The van der Waals surface area contributed by atoms with E-state index in [1.54, 1.807) is 0 Å². The van der Waals surface area contributed by atoms with Gasteiger partial charge in [0, 0.05) is 31.7 Å². The second-order valence-electron chi connectivity index (χ2n) is 8.47. The number of carbonyl (C=O) groups is 2. The highest BCUT2D eigenvalue weighted by atomic mass is 16.2. The van der Waals surface area contributed by atoms with E-state index < -0.39 is 0 Å². The van der Waals surface area contributed by atoms with Crippen molar-refractivity contribution >= 4 is 11.8 Å². The number of rotatable bonds is 10. The van der Waals surface area contributed by atoms with Crippen LogP contribution in [0.4, 0.5) is 0 Å². The molecule has 2 amide bonds. The molecule has 0 spiro atoms. The van der Waals surface area contributed by atoms with Crippen molar-refractivity contribution in [1.29, 1.82) is 0 Å². The topological polar surface area (TPSA) is 93.2 Å². The molecule has 0 aliphatic carbocycles. The average Bonchev–Trinajstić information content (AvgIpc) is 2.89. The van der Waals surface area contributed by atoms with Gasteiger partial charge in [0.2, 0.25) is 11.8 Å². The Balaban J connectivity index is 1.68. The highest BCUT2D eigenvalue weighted by Gasteiger charge is 2.23. The number of likely N-dealkylation sites (tertiary alicyclic amines) is 1. The standard InChI is InChI=1S/C21H37N5O2/c1-15(2)13-26-17(4)19(16(3)24-26)8-9-20(27)23-10-6-12-25-11-5-7-18(14-25)21(22)28/h15,18H,5-14H2,1-4H3,(H2,22,28)(H,23,27). The van der Waals surface area contributed by atoms with Crippen LogP contribution in [-0.4, -0.2) is 52.7 Å². The quantitative estimate of drug-likeness (QED) is 0.595. The summed E-state index contributed by atoms with van der Waals surface area (Å²) >= 11 is 0. The van der Waals surface area contributed by atoms with Gasteiger partial charge in [-0.3, -0.25) is 14.3 Å². The molecule has 0 radical (unpaired) electrons. The number of nitrogens with one attached hydrogen (secondary N) is 1. The van der Waals surface area contributed by atoms with Gasteiger partial charge in [-0.1, -0.05) is 13.8 Å². The van der Waals surface area contributed by atoms with E-state index in [9.17, 15) is 9.59 Å². The van der Waals surface area contributed by atoms with Crippen LogP contribution in [0.25, 0.3) is 0 Å². The fourth-order valence-corrected chi connectivity index (χ4v) is 3.97. The van der Waals surface area contributed by atoms with Gasteiger partial charge in [0.15, 0.2) is 0 Å². The molecule has 0 aromatic carbocycles. The van der Waals surface area contributed by atoms with Crippen molar-refractivity contribution in [2.75, 3.05) is 26.2 Å². The van der Waals surface area contributed by atoms with E-state index >= 15 is 0 Å². The summed E-state index contributed by atoms with van der Waals surface area (Å²) in [5, 5.41) is 7.64. The first kappa shape index (κ1) is 22.4. The highest BCUT2D eigenvalue weighted by molar-refractivity contribution is 5.77. The lowest BCUT2D eigenvalue weighted by Crippen LogP contribution is -2.42. The van der Waals surface area contributed by atoms with E-state index in [0.717, 1.165) is 57.6 Å². The van der Waals surface area contributed by atoms with Gasteiger partial charge in [0.1, 0.15) is 0 Å². The molecular weight excluding hydrogens is 354 g/mol. The van der Waals surface area contributed by atoms with Crippen LogP contribution >= 0.6 is 0 Å². The second kappa shape index (κ2) is 10.6. The Morgan fingerprint density at radius 3 is 2.75 bits per heavy atom. The van der Waals surface area contributed by atoms with E-state index in [-0.39, 0.29) is 17.7 Å². The van der Waals surface area contributed by atoms with Crippen molar-refractivity contribution < 1.29 is 9.59 Å². The number of nitrogens with zero attached hydrogens (tertiary/aromatic N) is 3. The minimum Gasteiger partial charge on any atom is -0.369 e. The first-order valence-corrected chi connectivity index (χ1v) is 10.6. The number of aryl methyl sites for hydroxylation is 1. The second-order valence-corrected chi connectivity index (χ2v) is 8.47. The van der Waals surface area contributed by atoms with Crippen LogP contribution in [0.2, 0.25) is 0 Å². The Bertz CT molecular complexity index is 668. The summed E-state index contributed by atoms with van der Waals surface area (Å²) in [6, 6.07) is 0. The number of hydrogen-bond donors (Lipinski definition) is 2. The lowest BCUT2D eigenvalue weighted by molar-refractivity contribution is -0.123. The van der Waals surface area contributed by atoms with Crippen LogP contribution < -0.4 is 11.1 Å². The number of carbonyl (C=O) groups excluding carboxylic acids is 2. The Kier molecular flexibility index (Phi) is 8.48. The zero-order chi connectivity index (χ0) is 20.7. The maximum Gasteiger partial charge on any atom is 0.221 e. The first-order valence-electron chi connectivity index (χ1n) is 10.6. The molecule has 1 atom stereocenters. The highest BCUT2D eigenvalue weighted by Crippen LogP contribution is 2.17. The van der Waals surface area contributed by atoms with E-state index in [1.165, 1.54) is 11.3 Å². The lowest BCUT2D eigenvalue weighted by Gasteiger charge is -2.31. The van der Waals surface area contributed by atoms with Gasteiger partial charge in [-0.25, -0.2) is 0 Å². The van der Waals surface area contributed by atoms with Gasteiger partial charge in [-0.15, -0.1) is 0 Å². The minimum absolute atomic E-state index is 0.0218. The molecule has 3 N–H and O–H groups in total. The van der Waals surface area contributed by atoms with Crippen molar-refractivity contribution in [3.63, 3.8) is 0 Å². The molecule has 1 fully saturated rings. The molecule has 7 heteroatoms. The van der Waals surface area contributed by atoms with Crippen molar-refractivity contribution in [1.82, 2.24) is 20.0 Å². The van der Waals surface area contributed by atoms with Crippen LogP contribution in [0.15, 0.2) is 0 Å². The Morgan fingerprint density at radius 1 is 1.32 bits per heavy atom. The number of hydrogen-bond acceptors (Lipinski definition) is 4. The molecule has 28 heavy (non-hydrogen) atoms. The molecule has 1 aliphatic rings. The molecule has 1 aliphatic heterocycles. The van der Waals surface area contributed by atoms with Crippen LogP contribution in [-0.2, 0) is 22.6 Å². The predicted molar refractivity (Wildman–Crippen MR) is 111 cm³/mol. The van der Waals surface area contributed by atoms with Crippen molar-refractivity contribution in [3.8, 4) is 0 Å². The van der Waals surface area contributed by atoms with Crippen LogP contribution in [0.3, 0.4) is 0 Å². The van der Waals surface area contributed by atoms with Gasteiger partial charge in [0.25, 0.3) is 0 Å². The molecule has 1 aromatic rings. The molecule has 1 unspecified atom stereocenters. The number of piperidine rings is 1. The van der Waals surface area contributed by atoms with E-state index in [1.807, 2.05) is 6.92 Å². The van der Waals surface area contributed by atoms with Crippen LogP contribution in [0, 0.1) is 25.7 Å². The molecule has 1 saturated heterocycles. The summed E-state index contributed by atoms with van der Waals surface area (Å²) in [7, 11) is 0. The Hall–Kier alpha value is -1.89. The van der Waals surface area contributed by atoms with Gasteiger partial charge in [-0.2, -0.15) is 5.10 Å². The van der Waals surface area contributed by atoms with Crippen molar-refractivity contribution in [2.45, 2.75) is 66.3 Å². The summed E-state index contributed by atoms with van der Waals surface area (Å²) in [5.41, 5.74) is 8.82. The predicted octanol–water partition coefficient (Wildman–Crippen LogP) is 1.79. The lowest BCUT2D eigenvalue weighted by atomic mass is 9.97. The van der Waals surface area contributed by atoms with Gasteiger partial charge < -0.3 is 16.0 Å². The zero-order valence-corrected chi connectivity index (χ0v) is 18.0. The fourth-order valence-electron chi connectivity index (χ4n) is 3.97. The van der Waals surface area contributed by atoms with Crippen LogP contribution in [0.1, 0.15) is 56.5 Å². The number of primary amides is 1. The largest absolute Gasteiger partial charge is 0.369 e. The number of aromatic nitrogens is 2. The van der Waals surface area contributed by atoms with Crippen LogP contribution in [0.5, 0.6) is 0 Å². The monoisotopic (exact) mass is 391 g/mol. The SMILES string of the molecule is Cc1nn(CC(C)C)c(C)c1CCC(=O)NCCCN1CCCC(C(N)=O)C1. The summed E-state index contributed by atoms with van der Waals surface area (Å²) in [4.78, 5) is 25.8. The summed E-state index contributed by atoms with van der Waals surface area (Å²) in [5.74, 6) is 0.420. The van der Waals surface area contributed by atoms with Gasteiger partial charge in [-0.05, 0) is 64.1 Å². The maximum absolute atomic E-state index is 12.2. The molecule has 0 bridgehead atoms. The summed E-state index contributed by atoms with van der Waals surface area (Å²) < 4.78 is 2.06. The Labute approximate surface area is 169 Å². The summed E-state index contributed by atoms with van der Waals surface area (Å²) in [6.07, 6.45) is 4.02. The van der Waals surface area contributed by atoms with E-state index in [4.69, 9.17) is 5.73 Å². The third-order valence-corrected chi connectivity index (χ3v) is 5.55. The molecule has 2 heterocycles. The van der Waals surface area contributed by atoms with E-state index in [0.29, 0.717) is 18.9 Å². The molecule has 1 aromatic heterocycles. The summed E-state index contributed by atoms with van der Waals surface area (Å²) in [6.45, 7) is 12.7. The van der Waals surface area contributed by atoms with Crippen molar-refractivity contribution in [2.24, 2.45) is 17.6 Å². The third-order valence-electron chi connectivity index (χ3n) is 5.55.